The van der Waals surface area contributed by atoms with E-state index in [1.807, 2.05) is 55.5 Å². The Labute approximate surface area is 231 Å². The molecule has 0 spiro atoms. The highest BCUT2D eigenvalue weighted by atomic mass is 16.5. The molecule has 0 aliphatic heterocycles. The van der Waals surface area contributed by atoms with Crippen LogP contribution in [0.3, 0.4) is 0 Å². The summed E-state index contributed by atoms with van der Waals surface area (Å²) in [4.78, 5) is 21.7. The monoisotopic (exact) mass is 538 g/mol. The Kier molecular flexibility index (Phi) is 8.24. The average molecular weight is 539 g/mol. The van der Waals surface area contributed by atoms with Crippen LogP contribution in [0.25, 0.3) is 33.5 Å². The number of tetrazole rings is 1. The van der Waals surface area contributed by atoms with Crippen molar-refractivity contribution in [2.75, 3.05) is 6.61 Å². The zero-order valence-corrected chi connectivity index (χ0v) is 22.4. The van der Waals surface area contributed by atoms with Crippen LogP contribution in [0, 0.1) is 0 Å². The average Bonchev–Trinajstić information content (AvgIpc) is 3.51. The van der Waals surface area contributed by atoms with Crippen LogP contribution in [0.5, 0.6) is 17.4 Å². The Morgan fingerprint density at radius 1 is 0.925 bits per heavy atom. The second kappa shape index (κ2) is 12.3. The Hall–Kier alpha value is -4.86. The second-order valence-corrected chi connectivity index (χ2v) is 9.30. The number of aromatic amines is 1. The van der Waals surface area contributed by atoms with E-state index in [2.05, 4.69) is 32.5 Å². The number of aromatic carboxylic acids is 1. The van der Waals surface area contributed by atoms with Crippen LogP contribution in [0.2, 0.25) is 0 Å². The van der Waals surface area contributed by atoms with E-state index in [-0.39, 0.29) is 22.7 Å². The molecule has 0 amide bonds. The molecule has 0 aliphatic carbocycles. The largest absolute Gasteiger partial charge is 0.493 e. The van der Waals surface area contributed by atoms with Crippen molar-refractivity contribution in [2.24, 2.45) is 0 Å². The highest BCUT2D eigenvalue weighted by Gasteiger charge is 2.21. The molecule has 0 saturated heterocycles. The number of ether oxygens (including phenoxy) is 2. The van der Waals surface area contributed by atoms with E-state index in [4.69, 9.17) is 14.5 Å². The summed E-state index contributed by atoms with van der Waals surface area (Å²) in [6.07, 6.45) is 4.28. The third kappa shape index (κ3) is 5.75. The van der Waals surface area contributed by atoms with E-state index in [1.165, 1.54) is 0 Å². The molecule has 0 fully saturated rings. The van der Waals surface area contributed by atoms with Gasteiger partial charge in [0.05, 0.1) is 12.1 Å². The lowest BCUT2D eigenvalue weighted by atomic mass is 9.99. The molecule has 0 unspecified atom stereocenters. The molecule has 0 radical (unpaired) electrons. The molecule has 0 atom stereocenters. The number of hydrogen-bond donors (Lipinski definition) is 2. The van der Waals surface area contributed by atoms with E-state index in [0.29, 0.717) is 35.8 Å². The van der Waals surface area contributed by atoms with Gasteiger partial charge in [-0.05, 0) is 59.9 Å². The summed E-state index contributed by atoms with van der Waals surface area (Å²) < 4.78 is 12.0. The molecule has 5 rings (SSSR count). The standard InChI is InChI=1S/C30H30N6O4/c1-3-5-11-24-29(32-27-23(31-24)16-17-25(26(27)30(37)38)39-18-6-4-2)40-20-14-12-19(13-15-20)21-9-7-8-10-22(21)28-33-35-36-34-28/h7-10,12-17H,3-6,11,18H2,1-2H3,(H,37,38)(H,33,34,35,36). The number of unbranched alkanes of at least 4 members (excludes halogenated alkanes) is 2. The van der Waals surface area contributed by atoms with E-state index in [1.54, 1.807) is 12.1 Å². The molecule has 0 bridgehead atoms. The molecule has 10 heteroatoms. The van der Waals surface area contributed by atoms with E-state index in [9.17, 15) is 9.90 Å². The zero-order valence-electron chi connectivity index (χ0n) is 22.4. The fourth-order valence-electron chi connectivity index (χ4n) is 4.39. The molecule has 0 aliphatic rings. The molecule has 10 nitrogen and oxygen atoms in total. The number of H-pyrrole nitrogens is 1. The smallest absolute Gasteiger partial charge is 0.341 e. The quantitative estimate of drug-likeness (QED) is 0.171. The van der Waals surface area contributed by atoms with Gasteiger partial charge in [0, 0.05) is 5.56 Å². The van der Waals surface area contributed by atoms with Crippen molar-refractivity contribution < 1.29 is 19.4 Å². The summed E-state index contributed by atoms with van der Waals surface area (Å²) in [5.74, 6) is 0.506. The van der Waals surface area contributed by atoms with Crippen molar-refractivity contribution >= 4 is 17.0 Å². The van der Waals surface area contributed by atoms with Crippen molar-refractivity contribution in [2.45, 2.75) is 46.0 Å². The van der Waals surface area contributed by atoms with Crippen LogP contribution < -0.4 is 9.47 Å². The van der Waals surface area contributed by atoms with Gasteiger partial charge in [0.15, 0.2) is 0 Å². The SMILES string of the molecule is CCCCOc1ccc2nc(CCCC)c(Oc3ccc(-c4ccccc4-c4nn[nH]n4)cc3)nc2c1C(=O)O. The topological polar surface area (TPSA) is 136 Å². The van der Waals surface area contributed by atoms with Gasteiger partial charge in [-0.15, -0.1) is 10.2 Å². The molecule has 204 valence electrons. The maximum absolute atomic E-state index is 12.3. The molecular weight excluding hydrogens is 508 g/mol. The first kappa shape index (κ1) is 26.7. The molecule has 3 aromatic carbocycles. The Bertz CT molecular complexity index is 1600. The number of aromatic nitrogens is 6. The number of carboxylic acids is 1. The third-order valence-corrected chi connectivity index (χ3v) is 6.46. The van der Waals surface area contributed by atoms with Gasteiger partial charge in [0.1, 0.15) is 28.3 Å². The first-order valence-corrected chi connectivity index (χ1v) is 13.4. The van der Waals surface area contributed by atoms with E-state index < -0.39 is 5.97 Å². The van der Waals surface area contributed by atoms with Gasteiger partial charge in [0.25, 0.3) is 0 Å². The summed E-state index contributed by atoms with van der Waals surface area (Å²) >= 11 is 0. The van der Waals surface area contributed by atoms with E-state index >= 15 is 0 Å². The molecule has 2 heterocycles. The molecule has 5 aromatic rings. The summed E-state index contributed by atoms with van der Waals surface area (Å²) in [5, 5.41) is 24.4. The van der Waals surface area contributed by atoms with Crippen LogP contribution in [-0.4, -0.2) is 48.3 Å². The summed E-state index contributed by atoms with van der Waals surface area (Å²) in [6.45, 7) is 4.58. The van der Waals surface area contributed by atoms with Gasteiger partial charge in [-0.2, -0.15) is 5.21 Å². The summed E-state index contributed by atoms with van der Waals surface area (Å²) in [6, 6.07) is 18.8. The number of carboxylic acid groups (broad SMARTS) is 1. The minimum Gasteiger partial charge on any atom is -0.493 e. The lowest BCUT2D eigenvalue weighted by Gasteiger charge is -2.14. The first-order chi connectivity index (χ1) is 19.6. The van der Waals surface area contributed by atoms with Gasteiger partial charge in [0.2, 0.25) is 11.7 Å². The number of nitrogens with zero attached hydrogens (tertiary/aromatic N) is 5. The fraction of sp³-hybridized carbons (Fsp3) is 0.267. The van der Waals surface area contributed by atoms with Crippen molar-refractivity contribution in [3.8, 4) is 39.9 Å². The number of hydrogen-bond acceptors (Lipinski definition) is 8. The van der Waals surface area contributed by atoms with Crippen molar-refractivity contribution in [3.05, 3.63) is 71.9 Å². The summed E-state index contributed by atoms with van der Waals surface area (Å²) in [7, 11) is 0. The van der Waals surface area contributed by atoms with Crippen LogP contribution in [-0.2, 0) is 6.42 Å². The molecule has 2 aromatic heterocycles. The van der Waals surface area contributed by atoms with E-state index in [0.717, 1.165) is 42.4 Å². The normalized spacial score (nSPS) is 11.1. The Morgan fingerprint density at radius 2 is 1.70 bits per heavy atom. The van der Waals surface area contributed by atoms with Gasteiger partial charge in [-0.1, -0.05) is 63.1 Å². The number of nitrogens with one attached hydrogen (secondary N) is 1. The number of fused-ring (bicyclic) bond motifs is 1. The van der Waals surface area contributed by atoms with Gasteiger partial charge < -0.3 is 14.6 Å². The number of aryl methyl sites for hydroxylation is 1. The number of carbonyl (C=O) groups is 1. The van der Waals surface area contributed by atoms with Gasteiger partial charge >= 0.3 is 5.97 Å². The Balaban J connectivity index is 1.50. The summed E-state index contributed by atoms with van der Waals surface area (Å²) in [5.41, 5.74) is 4.15. The first-order valence-electron chi connectivity index (χ1n) is 13.4. The molecule has 40 heavy (non-hydrogen) atoms. The minimum atomic E-state index is -1.12. The maximum atomic E-state index is 12.3. The fourth-order valence-corrected chi connectivity index (χ4v) is 4.39. The van der Waals surface area contributed by atoms with Crippen LogP contribution in [0.15, 0.2) is 60.7 Å². The lowest BCUT2D eigenvalue weighted by Crippen LogP contribution is -2.08. The minimum absolute atomic E-state index is 0.0126. The zero-order chi connectivity index (χ0) is 27.9. The maximum Gasteiger partial charge on any atom is 0.341 e. The van der Waals surface area contributed by atoms with Gasteiger partial charge in [-0.3, -0.25) is 0 Å². The molecule has 0 saturated carbocycles. The van der Waals surface area contributed by atoms with Gasteiger partial charge in [-0.25, -0.2) is 14.8 Å². The van der Waals surface area contributed by atoms with Crippen LogP contribution in [0.1, 0.15) is 55.6 Å². The van der Waals surface area contributed by atoms with Crippen molar-refractivity contribution in [1.82, 2.24) is 30.6 Å². The van der Waals surface area contributed by atoms with Crippen LogP contribution >= 0.6 is 0 Å². The predicted octanol–water partition coefficient (Wildman–Crippen LogP) is 6.49. The second-order valence-electron chi connectivity index (χ2n) is 9.30. The predicted molar refractivity (Wildman–Crippen MR) is 151 cm³/mol. The number of rotatable bonds is 12. The number of benzene rings is 3. The van der Waals surface area contributed by atoms with Crippen molar-refractivity contribution in [3.63, 3.8) is 0 Å². The Morgan fingerprint density at radius 3 is 2.40 bits per heavy atom. The van der Waals surface area contributed by atoms with Crippen molar-refractivity contribution in [1.29, 1.82) is 0 Å². The van der Waals surface area contributed by atoms with Crippen LogP contribution in [0.4, 0.5) is 0 Å². The molecule has 2 N–H and O–H groups in total. The third-order valence-electron chi connectivity index (χ3n) is 6.46. The molecular formula is C30H30N6O4. The highest BCUT2D eigenvalue weighted by molar-refractivity contribution is 6.03. The lowest BCUT2D eigenvalue weighted by molar-refractivity contribution is 0.0694. The highest BCUT2D eigenvalue weighted by Crippen LogP contribution is 2.34.